The zero-order valence-corrected chi connectivity index (χ0v) is 13.5. The number of hydrogen-bond donors (Lipinski definition) is 1. The number of fused-ring (bicyclic) bond motifs is 1. The van der Waals surface area contributed by atoms with Crippen LogP contribution in [0.5, 0.6) is 0 Å². The molecule has 0 bridgehead atoms. The van der Waals surface area contributed by atoms with Crippen LogP contribution in [0, 0.1) is 12.8 Å². The fraction of sp³-hybridized carbons (Fsp3) is 0.471. The molecule has 1 fully saturated rings. The Morgan fingerprint density at radius 2 is 2.10 bits per heavy atom. The van der Waals surface area contributed by atoms with Crippen LogP contribution in [-0.2, 0) is 0 Å². The van der Waals surface area contributed by atoms with Gasteiger partial charge in [0.2, 0.25) is 0 Å². The standard InChI is InChI=1S/C17H22N2OS/c1-3-12-6-8-19(9-7-12)17(20)16-15(18)13-10-11(2)4-5-14(13)21-16/h4-5,10,12H,3,6-9,18H2,1-2H3. The number of anilines is 1. The van der Waals surface area contributed by atoms with Crippen LogP contribution in [0.2, 0.25) is 0 Å². The van der Waals surface area contributed by atoms with Crippen LogP contribution in [-0.4, -0.2) is 23.9 Å². The summed E-state index contributed by atoms with van der Waals surface area (Å²) in [6.07, 6.45) is 3.45. The number of carbonyl (C=O) groups is 1. The third kappa shape index (κ3) is 2.64. The van der Waals surface area contributed by atoms with E-state index in [2.05, 4.69) is 25.1 Å². The summed E-state index contributed by atoms with van der Waals surface area (Å²) >= 11 is 1.52. The molecule has 2 heterocycles. The molecular formula is C17H22N2OS. The number of nitrogens with zero attached hydrogens (tertiary/aromatic N) is 1. The molecule has 3 rings (SSSR count). The fourth-order valence-corrected chi connectivity index (χ4v) is 4.15. The normalized spacial score (nSPS) is 16.6. The molecule has 2 N–H and O–H groups in total. The van der Waals surface area contributed by atoms with Crippen molar-refractivity contribution in [3.8, 4) is 0 Å². The van der Waals surface area contributed by atoms with Gasteiger partial charge in [0.05, 0.1) is 5.69 Å². The van der Waals surface area contributed by atoms with E-state index in [9.17, 15) is 4.79 Å². The van der Waals surface area contributed by atoms with E-state index < -0.39 is 0 Å². The molecule has 112 valence electrons. The van der Waals surface area contributed by atoms with Crippen LogP contribution < -0.4 is 5.73 Å². The molecule has 4 heteroatoms. The number of carbonyl (C=O) groups excluding carboxylic acids is 1. The highest BCUT2D eigenvalue weighted by Crippen LogP contribution is 2.35. The van der Waals surface area contributed by atoms with E-state index >= 15 is 0 Å². The van der Waals surface area contributed by atoms with Gasteiger partial charge in [-0.1, -0.05) is 25.0 Å². The van der Waals surface area contributed by atoms with Gasteiger partial charge < -0.3 is 10.6 Å². The number of likely N-dealkylation sites (tertiary alicyclic amines) is 1. The van der Waals surface area contributed by atoms with Crippen LogP contribution >= 0.6 is 11.3 Å². The largest absolute Gasteiger partial charge is 0.397 e. The second kappa shape index (κ2) is 5.68. The van der Waals surface area contributed by atoms with Crippen LogP contribution in [0.1, 0.15) is 41.4 Å². The third-order valence-corrected chi connectivity index (χ3v) is 5.73. The number of nitrogens with two attached hydrogens (primary N) is 1. The van der Waals surface area contributed by atoms with Gasteiger partial charge in [-0.25, -0.2) is 0 Å². The molecule has 1 aliphatic rings. The fourth-order valence-electron chi connectivity index (χ4n) is 3.08. The number of amides is 1. The smallest absolute Gasteiger partial charge is 0.266 e. The van der Waals surface area contributed by atoms with Gasteiger partial charge in [0.1, 0.15) is 4.88 Å². The summed E-state index contributed by atoms with van der Waals surface area (Å²) in [7, 11) is 0. The second-order valence-corrected chi connectivity index (χ2v) is 7.04. The molecule has 2 aromatic rings. The van der Waals surface area contributed by atoms with Gasteiger partial charge in [0.15, 0.2) is 0 Å². The molecule has 3 nitrogen and oxygen atoms in total. The summed E-state index contributed by atoms with van der Waals surface area (Å²) in [4.78, 5) is 15.4. The zero-order chi connectivity index (χ0) is 15.0. The SMILES string of the molecule is CCC1CCN(C(=O)c2sc3ccc(C)cc3c2N)CC1. The van der Waals surface area contributed by atoms with Crippen LogP contribution in [0.25, 0.3) is 10.1 Å². The lowest BCUT2D eigenvalue weighted by molar-refractivity contribution is 0.0695. The topological polar surface area (TPSA) is 46.3 Å². The van der Waals surface area contributed by atoms with E-state index in [1.165, 1.54) is 23.3 Å². The number of piperidine rings is 1. The summed E-state index contributed by atoms with van der Waals surface area (Å²) in [5, 5.41) is 1.02. The molecule has 1 aromatic carbocycles. The summed E-state index contributed by atoms with van der Waals surface area (Å²) in [5.74, 6) is 0.886. The summed E-state index contributed by atoms with van der Waals surface area (Å²) in [6.45, 7) is 6.01. The lowest BCUT2D eigenvalue weighted by Crippen LogP contribution is -2.38. The number of thiophene rings is 1. The number of hydrogen-bond acceptors (Lipinski definition) is 3. The van der Waals surface area contributed by atoms with Crippen molar-refractivity contribution >= 4 is 33.0 Å². The van der Waals surface area contributed by atoms with Crippen molar-refractivity contribution in [1.82, 2.24) is 4.90 Å². The highest BCUT2D eigenvalue weighted by atomic mass is 32.1. The minimum Gasteiger partial charge on any atom is -0.397 e. The number of rotatable bonds is 2. The molecule has 0 unspecified atom stereocenters. The van der Waals surface area contributed by atoms with Crippen molar-refractivity contribution in [3.63, 3.8) is 0 Å². The maximum atomic E-state index is 12.7. The van der Waals surface area contributed by atoms with Gasteiger partial charge in [0, 0.05) is 23.2 Å². The van der Waals surface area contributed by atoms with E-state index in [-0.39, 0.29) is 5.91 Å². The summed E-state index contributed by atoms with van der Waals surface area (Å²) in [5.41, 5.74) is 8.06. The lowest BCUT2D eigenvalue weighted by atomic mass is 9.94. The highest BCUT2D eigenvalue weighted by Gasteiger charge is 2.26. The number of aryl methyl sites for hydroxylation is 1. The average molecular weight is 302 g/mol. The lowest BCUT2D eigenvalue weighted by Gasteiger charge is -2.31. The Morgan fingerprint density at radius 1 is 1.38 bits per heavy atom. The molecule has 0 radical (unpaired) electrons. The van der Waals surface area contributed by atoms with Crippen LogP contribution in [0.15, 0.2) is 18.2 Å². The van der Waals surface area contributed by atoms with E-state index in [0.29, 0.717) is 10.6 Å². The summed E-state index contributed by atoms with van der Waals surface area (Å²) in [6, 6.07) is 6.20. The van der Waals surface area contributed by atoms with E-state index in [0.717, 1.165) is 41.9 Å². The predicted molar refractivity (Wildman–Crippen MR) is 89.9 cm³/mol. The van der Waals surface area contributed by atoms with Crippen LogP contribution in [0.4, 0.5) is 5.69 Å². The summed E-state index contributed by atoms with van der Waals surface area (Å²) < 4.78 is 1.10. The zero-order valence-electron chi connectivity index (χ0n) is 12.7. The Kier molecular flexibility index (Phi) is 3.89. The number of nitrogen functional groups attached to an aromatic ring is 1. The van der Waals surface area contributed by atoms with E-state index in [4.69, 9.17) is 5.73 Å². The molecular weight excluding hydrogens is 280 g/mol. The van der Waals surface area contributed by atoms with Gasteiger partial charge in [-0.05, 0) is 37.8 Å². The molecule has 1 aromatic heterocycles. The molecule has 0 atom stereocenters. The Morgan fingerprint density at radius 3 is 2.76 bits per heavy atom. The predicted octanol–water partition coefficient (Wildman–Crippen LogP) is 4.05. The van der Waals surface area contributed by atoms with Gasteiger partial charge in [-0.15, -0.1) is 11.3 Å². The maximum Gasteiger partial charge on any atom is 0.266 e. The molecule has 1 amide bonds. The van der Waals surface area contributed by atoms with Gasteiger partial charge in [-0.3, -0.25) is 4.79 Å². The van der Waals surface area contributed by atoms with Gasteiger partial charge in [0.25, 0.3) is 5.91 Å². The average Bonchev–Trinajstić information content (AvgIpc) is 2.83. The first-order valence-corrected chi connectivity index (χ1v) is 8.49. The monoisotopic (exact) mass is 302 g/mol. The first kappa shape index (κ1) is 14.4. The van der Waals surface area contributed by atoms with Crippen molar-refractivity contribution in [1.29, 1.82) is 0 Å². The number of benzene rings is 1. The van der Waals surface area contributed by atoms with Crippen molar-refractivity contribution < 1.29 is 4.79 Å². The Hall–Kier alpha value is -1.55. The molecule has 1 saturated heterocycles. The van der Waals surface area contributed by atoms with Crippen LogP contribution in [0.3, 0.4) is 0 Å². The van der Waals surface area contributed by atoms with Gasteiger partial charge in [-0.2, -0.15) is 0 Å². The van der Waals surface area contributed by atoms with Crippen molar-refractivity contribution in [2.24, 2.45) is 5.92 Å². The van der Waals surface area contributed by atoms with E-state index in [1.54, 1.807) is 0 Å². The second-order valence-electron chi connectivity index (χ2n) is 5.99. The molecule has 1 aliphatic heterocycles. The minimum atomic E-state index is 0.112. The van der Waals surface area contributed by atoms with Gasteiger partial charge >= 0.3 is 0 Å². The van der Waals surface area contributed by atoms with E-state index in [1.807, 2.05) is 11.8 Å². The van der Waals surface area contributed by atoms with Crippen molar-refractivity contribution in [2.75, 3.05) is 18.8 Å². The molecule has 0 spiro atoms. The van der Waals surface area contributed by atoms with Crippen molar-refractivity contribution in [3.05, 3.63) is 28.6 Å². The first-order valence-electron chi connectivity index (χ1n) is 7.68. The molecule has 0 aliphatic carbocycles. The van der Waals surface area contributed by atoms with Crippen molar-refractivity contribution in [2.45, 2.75) is 33.1 Å². The first-order chi connectivity index (χ1) is 10.1. The quantitative estimate of drug-likeness (QED) is 0.909. The minimum absolute atomic E-state index is 0.112. The molecule has 0 saturated carbocycles. The maximum absolute atomic E-state index is 12.7. The highest BCUT2D eigenvalue weighted by molar-refractivity contribution is 7.21. The Bertz CT molecular complexity index is 669. The Labute approximate surface area is 129 Å². The third-order valence-electron chi connectivity index (χ3n) is 4.56. The molecule has 21 heavy (non-hydrogen) atoms. The Balaban J connectivity index is 1.87.